The van der Waals surface area contributed by atoms with Crippen molar-refractivity contribution in [3.8, 4) is 0 Å². The van der Waals surface area contributed by atoms with E-state index in [0.717, 1.165) is 32.2 Å². The lowest BCUT2D eigenvalue weighted by Gasteiger charge is -2.56. The largest absolute Gasteiger partial charge is 0.338 e. The summed E-state index contributed by atoms with van der Waals surface area (Å²) in [5.74, 6) is 0.0292. The van der Waals surface area contributed by atoms with Crippen molar-refractivity contribution in [2.45, 2.75) is 58.0 Å². The fourth-order valence-corrected chi connectivity index (χ4v) is 5.96. The zero-order chi connectivity index (χ0) is 19.3. The van der Waals surface area contributed by atoms with E-state index < -0.39 is 0 Å². The van der Waals surface area contributed by atoms with Crippen molar-refractivity contribution in [1.82, 2.24) is 19.8 Å². The number of piperidine rings is 2. The van der Waals surface area contributed by atoms with Crippen LogP contribution in [0.5, 0.6) is 0 Å². The molecule has 0 bridgehead atoms. The van der Waals surface area contributed by atoms with E-state index in [1.165, 1.54) is 17.7 Å². The molecule has 2 atom stereocenters. The molecule has 2 saturated heterocycles. The molecular weight excluding hydrogens is 364 g/mol. The Morgan fingerprint density at radius 1 is 1.33 bits per heavy atom. The average Bonchev–Trinajstić information content (AvgIpc) is 2.97. The molecule has 8 heteroatoms. The Morgan fingerprint density at radius 2 is 2.11 bits per heavy atom. The minimum Gasteiger partial charge on any atom is -0.338 e. The van der Waals surface area contributed by atoms with Gasteiger partial charge in [-0.3, -0.25) is 14.4 Å². The number of nitrogens with zero attached hydrogens (tertiary/aromatic N) is 3. The number of carbonyl (C=O) groups excluding carboxylic acids is 2. The highest BCUT2D eigenvalue weighted by Crippen LogP contribution is 2.41. The number of hydrogen-bond acceptors (Lipinski definition) is 5. The number of fused-ring (bicyclic) bond motifs is 2. The minimum absolute atomic E-state index is 0.0486. The molecular formula is C19H24N4O3S. The third-order valence-electron chi connectivity index (χ3n) is 6.23. The number of carbonyl (C=O) groups is 2. The summed E-state index contributed by atoms with van der Waals surface area (Å²) in [5.41, 5.74) is 0.108. The Kier molecular flexibility index (Phi) is 4.33. The summed E-state index contributed by atoms with van der Waals surface area (Å²) < 4.78 is 0. The van der Waals surface area contributed by atoms with Crippen LogP contribution in [0.15, 0.2) is 11.1 Å². The molecule has 0 spiro atoms. The molecule has 1 N–H and O–H groups in total. The van der Waals surface area contributed by atoms with Crippen molar-refractivity contribution in [3.05, 3.63) is 27.1 Å². The predicted molar refractivity (Wildman–Crippen MR) is 104 cm³/mol. The minimum atomic E-state index is -0.373. The van der Waals surface area contributed by atoms with Gasteiger partial charge in [-0.2, -0.15) is 0 Å². The van der Waals surface area contributed by atoms with E-state index in [1.54, 1.807) is 6.92 Å². The molecule has 0 unspecified atom stereocenters. The molecule has 144 valence electrons. The van der Waals surface area contributed by atoms with Gasteiger partial charge in [0.1, 0.15) is 4.83 Å². The molecule has 7 nitrogen and oxygen atoms in total. The molecule has 2 aliphatic rings. The van der Waals surface area contributed by atoms with Gasteiger partial charge in [0, 0.05) is 20.0 Å². The molecule has 0 aliphatic carbocycles. The third-order valence-corrected chi connectivity index (χ3v) is 7.42. The van der Waals surface area contributed by atoms with Gasteiger partial charge in [-0.15, -0.1) is 11.3 Å². The number of amides is 2. The fourth-order valence-electron chi connectivity index (χ4n) is 4.86. The second-order valence-electron chi connectivity index (χ2n) is 7.76. The van der Waals surface area contributed by atoms with Crippen LogP contribution in [0, 0.1) is 6.92 Å². The molecule has 2 aromatic rings. The molecule has 2 fully saturated rings. The Labute approximate surface area is 161 Å². The number of nitrogens with one attached hydrogen (secondary N) is 1. The van der Waals surface area contributed by atoms with Crippen molar-refractivity contribution in [3.63, 3.8) is 0 Å². The normalized spacial score (nSPS) is 25.5. The molecule has 0 radical (unpaired) electrons. The first-order chi connectivity index (χ1) is 12.8. The molecule has 27 heavy (non-hydrogen) atoms. The zero-order valence-electron chi connectivity index (χ0n) is 15.9. The number of rotatable bonds is 1. The quantitative estimate of drug-likeness (QED) is 0.812. The van der Waals surface area contributed by atoms with Gasteiger partial charge in [0.05, 0.1) is 28.2 Å². The van der Waals surface area contributed by atoms with Crippen LogP contribution >= 0.6 is 11.3 Å². The number of hydrogen-bond donors (Lipinski definition) is 1. The molecule has 0 saturated carbocycles. The van der Waals surface area contributed by atoms with Crippen molar-refractivity contribution in [1.29, 1.82) is 0 Å². The van der Waals surface area contributed by atoms with E-state index in [9.17, 15) is 14.4 Å². The molecule has 4 heterocycles. The molecule has 2 amide bonds. The van der Waals surface area contributed by atoms with Crippen LogP contribution in [0.25, 0.3) is 10.2 Å². The summed E-state index contributed by atoms with van der Waals surface area (Å²) in [7, 11) is 0. The van der Waals surface area contributed by atoms with Crippen LogP contribution in [0.1, 0.15) is 54.8 Å². The lowest BCUT2D eigenvalue weighted by molar-refractivity contribution is -0.140. The molecule has 2 aliphatic heterocycles. The second kappa shape index (κ2) is 6.44. The van der Waals surface area contributed by atoms with Gasteiger partial charge in [0.25, 0.3) is 11.5 Å². The van der Waals surface area contributed by atoms with Crippen LogP contribution in [0.4, 0.5) is 0 Å². The maximum Gasteiger partial charge on any atom is 0.264 e. The monoisotopic (exact) mass is 388 g/mol. The van der Waals surface area contributed by atoms with Crippen molar-refractivity contribution < 1.29 is 9.59 Å². The number of aromatic amines is 1. The number of H-pyrrole nitrogens is 1. The van der Waals surface area contributed by atoms with E-state index in [0.29, 0.717) is 27.2 Å². The Bertz CT molecular complexity index is 981. The van der Waals surface area contributed by atoms with E-state index in [4.69, 9.17) is 0 Å². The number of aryl methyl sites for hydroxylation is 1. The van der Waals surface area contributed by atoms with Gasteiger partial charge in [0.2, 0.25) is 5.91 Å². The molecule has 0 aromatic carbocycles. The second-order valence-corrected chi connectivity index (χ2v) is 8.76. The summed E-state index contributed by atoms with van der Waals surface area (Å²) in [4.78, 5) is 49.7. The van der Waals surface area contributed by atoms with Crippen LogP contribution < -0.4 is 5.56 Å². The van der Waals surface area contributed by atoms with Crippen LogP contribution in [-0.4, -0.2) is 56.3 Å². The standard InChI is InChI=1S/C19H24N4O3S/c1-11-14-16(25)20-10-21-17(14)27-15(11)18(26)23-9-4-6-13-19(23,3)7-5-8-22(13)12(2)24/h10,13H,4-9H2,1-3H3,(H,20,21,25)/t13-,19-/m0/s1. The maximum atomic E-state index is 13.5. The zero-order valence-corrected chi connectivity index (χ0v) is 16.7. The van der Waals surface area contributed by atoms with Gasteiger partial charge in [-0.1, -0.05) is 0 Å². The number of aromatic nitrogens is 2. The summed E-state index contributed by atoms with van der Waals surface area (Å²) in [6, 6.07) is 0.0534. The van der Waals surface area contributed by atoms with Gasteiger partial charge >= 0.3 is 0 Å². The molecule has 4 rings (SSSR count). The first-order valence-corrected chi connectivity index (χ1v) is 10.2. The van der Waals surface area contributed by atoms with Crippen LogP contribution in [-0.2, 0) is 4.79 Å². The van der Waals surface area contributed by atoms with Crippen molar-refractivity contribution in [2.75, 3.05) is 13.1 Å². The average molecular weight is 388 g/mol. The fraction of sp³-hybridized carbons (Fsp3) is 0.579. The van der Waals surface area contributed by atoms with Gasteiger partial charge in [-0.05, 0) is 45.1 Å². The van der Waals surface area contributed by atoms with Gasteiger partial charge in [0.15, 0.2) is 0 Å². The summed E-state index contributed by atoms with van der Waals surface area (Å²) in [6.45, 7) is 6.97. The Balaban J connectivity index is 1.75. The van der Waals surface area contributed by atoms with Crippen LogP contribution in [0.3, 0.4) is 0 Å². The summed E-state index contributed by atoms with van der Waals surface area (Å²) in [6.07, 6.45) is 4.95. The predicted octanol–water partition coefficient (Wildman–Crippen LogP) is 2.30. The van der Waals surface area contributed by atoms with E-state index in [2.05, 4.69) is 16.9 Å². The molecule has 2 aromatic heterocycles. The maximum absolute atomic E-state index is 13.5. The van der Waals surface area contributed by atoms with Gasteiger partial charge in [-0.25, -0.2) is 4.98 Å². The van der Waals surface area contributed by atoms with Gasteiger partial charge < -0.3 is 14.8 Å². The Hall–Kier alpha value is -2.22. The number of thiophene rings is 1. The lowest BCUT2D eigenvalue weighted by atomic mass is 9.76. The highest BCUT2D eigenvalue weighted by molar-refractivity contribution is 7.20. The highest BCUT2D eigenvalue weighted by atomic mass is 32.1. The van der Waals surface area contributed by atoms with Crippen LogP contribution in [0.2, 0.25) is 0 Å². The summed E-state index contributed by atoms with van der Waals surface area (Å²) >= 11 is 1.28. The van der Waals surface area contributed by atoms with E-state index in [-0.39, 0.29) is 29.0 Å². The smallest absolute Gasteiger partial charge is 0.264 e. The van der Waals surface area contributed by atoms with E-state index >= 15 is 0 Å². The van der Waals surface area contributed by atoms with Crippen molar-refractivity contribution >= 4 is 33.4 Å². The van der Waals surface area contributed by atoms with E-state index in [1.807, 2.05) is 16.7 Å². The SMILES string of the molecule is CC(=O)N1CCC[C@@]2(C)[C@@H]1CCCN2C(=O)c1sc2nc[nH]c(=O)c2c1C. The lowest BCUT2D eigenvalue weighted by Crippen LogP contribution is -2.68. The Morgan fingerprint density at radius 3 is 2.81 bits per heavy atom. The first-order valence-electron chi connectivity index (χ1n) is 9.40. The van der Waals surface area contributed by atoms with Crippen molar-refractivity contribution in [2.24, 2.45) is 0 Å². The number of likely N-dealkylation sites (tertiary alicyclic amines) is 2. The summed E-state index contributed by atoms with van der Waals surface area (Å²) in [5, 5.41) is 0.499. The third kappa shape index (κ3) is 2.69. The highest BCUT2D eigenvalue weighted by Gasteiger charge is 2.50. The first kappa shape index (κ1) is 18.2. The topological polar surface area (TPSA) is 86.4 Å².